The van der Waals surface area contributed by atoms with Crippen LogP contribution in [0.3, 0.4) is 0 Å². The number of nitrogens with zero attached hydrogens (tertiary/aromatic N) is 4. The zero-order chi connectivity index (χ0) is 17.9. The van der Waals surface area contributed by atoms with Crippen LogP contribution in [0.15, 0.2) is 42.5 Å². The third kappa shape index (κ3) is 3.96. The molecule has 3 rings (SSSR count). The van der Waals surface area contributed by atoms with E-state index in [1.165, 1.54) is 5.56 Å². The van der Waals surface area contributed by atoms with E-state index in [1.807, 2.05) is 30.3 Å². The van der Waals surface area contributed by atoms with Crippen LogP contribution in [-0.4, -0.2) is 38.1 Å². The molecule has 25 heavy (non-hydrogen) atoms. The van der Waals surface area contributed by atoms with Gasteiger partial charge in [-0.25, -0.2) is 0 Å². The van der Waals surface area contributed by atoms with Gasteiger partial charge in [0.05, 0.1) is 0 Å². The van der Waals surface area contributed by atoms with Gasteiger partial charge >= 0.3 is 0 Å². The Balaban J connectivity index is 1.80. The maximum absolute atomic E-state index is 9.37. The Morgan fingerprint density at radius 1 is 1.08 bits per heavy atom. The number of nitrogens with one attached hydrogen (secondary N) is 1. The summed E-state index contributed by atoms with van der Waals surface area (Å²) in [7, 11) is 0. The van der Waals surface area contributed by atoms with Crippen LogP contribution >= 0.6 is 0 Å². The number of rotatable bonds is 6. The van der Waals surface area contributed by atoms with E-state index in [1.54, 1.807) is 4.52 Å². The molecule has 0 aliphatic heterocycles. The lowest BCUT2D eigenvalue weighted by Crippen LogP contribution is -2.19. The minimum absolute atomic E-state index is 0.130. The summed E-state index contributed by atoms with van der Waals surface area (Å²) in [5.41, 5.74) is 1.82. The number of aromatic nitrogens is 4. The van der Waals surface area contributed by atoms with E-state index in [4.69, 9.17) is 0 Å². The van der Waals surface area contributed by atoms with Crippen molar-refractivity contribution in [1.29, 1.82) is 0 Å². The van der Waals surface area contributed by atoms with E-state index < -0.39 is 0 Å². The topological polar surface area (TPSA) is 75.3 Å². The Kier molecular flexibility index (Phi) is 4.99. The highest BCUT2D eigenvalue weighted by Crippen LogP contribution is 2.22. The summed E-state index contributed by atoms with van der Waals surface area (Å²) in [6.07, 6.45) is 0.707. The Bertz CT molecular complexity index is 823. The van der Waals surface area contributed by atoms with Crippen molar-refractivity contribution in [2.24, 2.45) is 0 Å². The molecule has 0 saturated carbocycles. The molecule has 2 aromatic heterocycles. The second-order valence-electron chi connectivity index (χ2n) is 7.26. The second kappa shape index (κ2) is 7.19. The van der Waals surface area contributed by atoms with Crippen LogP contribution in [0.2, 0.25) is 0 Å². The van der Waals surface area contributed by atoms with Crippen molar-refractivity contribution in [3.8, 4) is 0 Å². The fourth-order valence-electron chi connectivity index (χ4n) is 2.85. The maximum atomic E-state index is 9.37. The lowest BCUT2D eigenvalue weighted by atomic mass is 9.96. The average Bonchev–Trinajstić information content (AvgIpc) is 3.03. The van der Waals surface area contributed by atoms with Crippen molar-refractivity contribution < 1.29 is 5.11 Å². The first-order valence-electron chi connectivity index (χ1n) is 8.61. The predicted octanol–water partition coefficient (Wildman–Crippen LogP) is 3.00. The van der Waals surface area contributed by atoms with Crippen LogP contribution in [0.4, 0.5) is 5.82 Å². The van der Waals surface area contributed by atoms with Crippen molar-refractivity contribution in [3.05, 3.63) is 53.9 Å². The Morgan fingerprint density at radius 2 is 1.84 bits per heavy atom. The number of aliphatic hydroxyl groups excluding tert-OH is 1. The molecule has 0 spiro atoms. The van der Waals surface area contributed by atoms with Crippen molar-refractivity contribution in [1.82, 2.24) is 19.8 Å². The highest BCUT2D eigenvalue weighted by Gasteiger charge is 2.22. The Labute approximate surface area is 147 Å². The molecule has 0 amide bonds. The molecule has 0 aliphatic carbocycles. The molecule has 1 aromatic carbocycles. The third-order valence-electron chi connectivity index (χ3n) is 4.21. The predicted molar refractivity (Wildman–Crippen MR) is 98.9 cm³/mol. The summed E-state index contributed by atoms with van der Waals surface area (Å²) in [4.78, 5) is 0. The van der Waals surface area contributed by atoms with Gasteiger partial charge in [-0.05, 0) is 24.1 Å². The number of hydrogen-bond donors (Lipinski definition) is 2. The summed E-state index contributed by atoms with van der Waals surface area (Å²) >= 11 is 0. The van der Waals surface area contributed by atoms with E-state index in [9.17, 15) is 5.11 Å². The number of benzene rings is 1. The van der Waals surface area contributed by atoms with Crippen LogP contribution in [0, 0.1) is 0 Å². The molecular formula is C19H25N5O. The van der Waals surface area contributed by atoms with Gasteiger partial charge in [0.1, 0.15) is 5.82 Å². The van der Waals surface area contributed by atoms with Gasteiger partial charge in [-0.1, -0.05) is 51.1 Å². The first-order chi connectivity index (χ1) is 12.0. The van der Waals surface area contributed by atoms with E-state index >= 15 is 0 Å². The number of fused-ring (bicyclic) bond motifs is 1. The highest BCUT2D eigenvalue weighted by atomic mass is 16.3. The van der Waals surface area contributed by atoms with Gasteiger partial charge < -0.3 is 10.4 Å². The zero-order valence-electron chi connectivity index (χ0n) is 15.0. The SMILES string of the molecule is CC(C)(C)c1nnc2ccc(NCC(CCO)c3ccccc3)nn12. The zero-order valence-corrected chi connectivity index (χ0v) is 15.0. The first-order valence-corrected chi connectivity index (χ1v) is 8.61. The van der Waals surface area contributed by atoms with Crippen LogP contribution in [0.5, 0.6) is 0 Å². The normalized spacial score (nSPS) is 13.1. The maximum Gasteiger partial charge on any atom is 0.178 e. The van der Waals surface area contributed by atoms with Crippen molar-refractivity contribution in [2.75, 3.05) is 18.5 Å². The van der Waals surface area contributed by atoms with Crippen LogP contribution in [-0.2, 0) is 5.41 Å². The quantitative estimate of drug-likeness (QED) is 0.722. The standard InChI is InChI=1S/C19H25N5O/c1-19(2,3)18-22-21-17-10-9-16(23-24(17)18)20-13-15(11-12-25)14-7-5-4-6-8-14/h4-10,15,25H,11-13H2,1-3H3,(H,20,23). The van der Waals surface area contributed by atoms with Crippen LogP contribution in [0.25, 0.3) is 5.65 Å². The number of hydrogen-bond acceptors (Lipinski definition) is 5. The smallest absolute Gasteiger partial charge is 0.178 e. The summed E-state index contributed by atoms with van der Waals surface area (Å²) < 4.78 is 1.80. The molecule has 6 nitrogen and oxygen atoms in total. The van der Waals surface area contributed by atoms with Crippen molar-refractivity contribution in [3.63, 3.8) is 0 Å². The molecule has 0 radical (unpaired) electrons. The molecule has 1 atom stereocenters. The molecule has 3 aromatic rings. The van der Waals surface area contributed by atoms with Gasteiger partial charge in [0.2, 0.25) is 0 Å². The molecule has 0 bridgehead atoms. The van der Waals surface area contributed by atoms with E-state index in [0.29, 0.717) is 13.0 Å². The molecular weight excluding hydrogens is 314 g/mol. The molecule has 2 N–H and O–H groups in total. The average molecular weight is 339 g/mol. The van der Waals surface area contributed by atoms with Gasteiger partial charge in [0, 0.05) is 24.5 Å². The molecule has 2 heterocycles. The van der Waals surface area contributed by atoms with Crippen LogP contribution < -0.4 is 5.32 Å². The monoisotopic (exact) mass is 339 g/mol. The van der Waals surface area contributed by atoms with E-state index in [0.717, 1.165) is 17.3 Å². The van der Waals surface area contributed by atoms with Gasteiger partial charge in [0.25, 0.3) is 0 Å². The summed E-state index contributed by atoms with van der Waals surface area (Å²) in [5, 5.41) is 25.9. The Morgan fingerprint density at radius 3 is 2.52 bits per heavy atom. The van der Waals surface area contributed by atoms with E-state index in [-0.39, 0.29) is 17.9 Å². The third-order valence-corrected chi connectivity index (χ3v) is 4.21. The fourth-order valence-corrected chi connectivity index (χ4v) is 2.85. The molecule has 0 fully saturated rings. The fraction of sp³-hybridized carbons (Fsp3) is 0.421. The molecule has 132 valence electrons. The Hall–Kier alpha value is -2.47. The minimum Gasteiger partial charge on any atom is -0.396 e. The lowest BCUT2D eigenvalue weighted by Gasteiger charge is -2.18. The summed E-state index contributed by atoms with van der Waals surface area (Å²) in [5.74, 6) is 1.84. The summed E-state index contributed by atoms with van der Waals surface area (Å²) in [6.45, 7) is 7.15. The largest absolute Gasteiger partial charge is 0.396 e. The first kappa shape index (κ1) is 17.4. The molecule has 0 aliphatic rings. The lowest BCUT2D eigenvalue weighted by molar-refractivity contribution is 0.277. The molecule has 1 unspecified atom stereocenters. The van der Waals surface area contributed by atoms with E-state index in [2.05, 4.69) is 53.5 Å². The van der Waals surface area contributed by atoms with Gasteiger partial charge in [0.15, 0.2) is 11.5 Å². The van der Waals surface area contributed by atoms with Gasteiger partial charge in [-0.3, -0.25) is 0 Å². The molecule has 0 saturated heterocycles. The highest BCUT2D eigenvalue weighted by molar-refractivity contribution is 5.44. The minimum atomic E-state index is -0.130. The van der Waals surface area contributed by atoms with Crippen LogP contribution in [0.1, 0.15) is 44.5 Å². The summed E-state index contributed by atoms with van der Waals surface area (Å²) in [6, 6.07) is 14.1. The number of anilines is 1. The van der Waals surface area contributed by atoms with Gasteiger partial charge in [-0.2, -0.15) is 4.52 Å². The van der Waals surface area contributed by atoms with Crippen molar-refractivity contribution in [2.45, 2.75) is 38.5 Å². The second-order valence-corrected chi connectivity index (χ2v) is 7.26. The van der Waals surface area contributed by atoms with Gasteiger partial charge in [-0.15, -0.1) is 15.3 Å². The van der Waals surface area contributed by atoms with Crippen molar-refractivity contribution >= 4 is 11.5 Å². The number of aliphatic hydroxyl groups is 1. The molecule has 6 heteroatoms.